The summed E-state index contributed by atoms with van der Waals surface area (Å²) in [5, 5.41) is 3.47. The van der Waals surface area contributed by atoms with Crippen molar-refractivity contribution in [2.75, 3.05) is 18.4 Å². The highest BCUT2D eigenvalue weighted by atomic mass is 15.0. The molecule has 2 rings (SSSR count). The van der Waals surface area contributed by atoms with Crippen LogP contribution in [0.2, 0.25) is 0 Å². The largest absolute Gasteiger partial charge is 0.370 e. The lowest BCUT2D eigenvalue weighted by Crippen LogP contribution is -2.24. The van der Waals surface area contributed by atoms with Gasteiger partial charge >= 0.3 is 0 Å². The van der Waals surface area contributed by atoms with Gasteiger partial charge in [0.25, 0.3) is 0 Å². The Morgan fingerprint density at radius 2 is 2.17 bits per heavy atom. The average Bonchev–Trinajstić information content (AvgIpc) is 2.81. The number of nitrogens with two attached hydrogens (primary N) is 1. The van der Waals surface area contributed by atoms with Crippen LogP contribution in [-0.4, -0.2) is 18.1 Å². The van der Waals surface area contributed by atoms with Gasteiger partial charge in [-0.05, 0) is 55.7 Å². The zero-order valence-corrected chi connectivity index (χ0v) is 11.6. The van der Waals surface area contributed by atoms with Crippen molar-refractivity contribution in [3.8, 4) is 0 Å². The highest BCUT2D eigenvalue weighted by Crippen LogP contribution is 2.24. The number of nitrogens with zero attached hydrogens (tertiary/aromatic N) is 1. The molecule has 3 N–H and O–H groups in total. The predicted octanol–water partition coefficient (Wildman–Crippen LogP) is 2.75. The Bertz CT molecular complexity index is 399. The van der Waals surface area contributed by atoms with Gasteiger partial charge in [0.1, 0.15) is 5.82 Å². The van der Waals surface area contributed by atoms with Crippen molar-refractivity contribution < 1.29 is 0 Å². The highest BCUT2D eigenvalue weighted by Gasteiger charge is 2.18. The molecule has 0 aliphatic heterocycles. The van der Waals surface area contributed by atoms with E-state index in [0.29, 0.717) is 0 Å². The summed E-state index contributed by atoms with van der Waals surface area (Å²) < 4.78 is 0. The third kappa shape index (κ3) is 3.45. The number of nitrogens with one attached hydrogen (secondary N) is 1. The van der Waals surface area contributed by atoms with E-state index in [2.05, 4.69) is 31.3 Å². The number of hydrogen-bond donors (Lipinski definition) is 2. The fraction of sp³-hybridized carbons (Fsp3) is 0.667. The summed E-state index contributed by atoms with van der Waals surface area (Å²) in [4.78, 5) is 4.70. The lowest BCUT2D eigenvalue weighted by molar-refractivity contribution is 0.350. The first-order valence-corrected chi connectivity index (χ1v) is 7.03. The molecule has 1 aromatic rings. The molecular weight excluding hydrogens is 222 g/mol. The van der Waals surface area contributed by atoms with E-state index in [4.69, 9.17) is 10.7 Å². The molecule has 0 saturated carbocycles. The molecule has 0 unspecified atom stereocenters. The van der Waals surface area contributed by atoms with E-state index in [-0.39, 0.29) is 5.41 Å². The Kier molecular flexibility index (Phi) is 4.23. The van der Waals surface area contributed by atoms with Gasteiger partial charge in [-0.15, -0.1) is 0 Å². The van der Waals surface area contributed by atoms with Crippen LogP contribution in [0.15, 0.2) is 12.1 Å². The Balaban J connectivity index is 1.90. The first-order chi connectivity index (χ1) is 8.61. The van der Waals surface area contributed by atoms with E-state index in [9.17, 15) is 0 Å². The number of aromatic nitrogens is 1. The van der Waals surface area contributed by atoms with Gasteiger partial charge in [-0.25, -0.2) is 4.98 Å². The molecule has 0 aromatic carbocycles. The van der Waals surface area contributed by atoms with Crippen molar-refractivity contribution >= 4 is 5.82 Å². The molecule has 100 valence electrons. The maximum atomic E-state index is 5.57. The standard InChI is InChI=1S/C15H25N3/c1-15(2,9-4-10-16)11-17-14-8-7-12-5-3-6-13(12)18-14/h7-8H,3-6,9-11,16H2,1-2H3,(H,17,18). The number of aryl methyl sites for hydroxylation is 2. The van der Waals surface area contributed by atoms with Crippen molar-refractivity contribution in [2.24, 2.45) is 11.1 Å². The van der Waals surface area contributed by atoms with Gasteiger partial charge in [-0.3, -0.25) is 0 Å². The number of fused-ring (bicyclic) bond motifs is 1. The van der Waals surface area contributed by atoms with Gasteiger partial charge in [0.15, 0.2) is 0 Å². The molecule has 3 heteroatoms. The minimum absolute atomic E-state index is 0.278. The molecule has 0 fully saturated rings. The highest BCUT2D eigenvalue weighted by molar-refractivity contribution is 5.40. The number of pyridine rings is 1. The quantitative estimate of drug-likeness (QED) is 0.812. The number of anilines is 1. The molecule has 1 aliphatic rings. The van der Waals surface area contributed by atoms with E-state index >= 15 is 0 Å². The second-order valence-electron chi connectivity index (χ2n) is 6.07. The van der Waals surface area contributed by atoms with Crippen molar-refractivity contribution in [1.82, 2.24) is 4.98 Å². The van der Waals surface area contributed by atoms with Crippen LogP contribution in [0, 0.1) is 5.41 Å². The Hall–Kier alpha value is -1.09. The summed E-state index contributed by atoms with van der Waals surface area (Å²) in [6.07, 6.45) is 5.84. The summed E-state index contributed by atoms with van der Waals surface area (Å²) >= 11 is 0. The number of hydrogen-bond acceptors (Lipinski definition) is 3. The van der Waals surface area contributed by atoms with Crippen molar-refractivity contribution in [1.29, 1.82) is 0 Å². The van der Waals surface area contributed by atoms with Gasteiger partial charge in [0.05, 0.1) is 0 Å². The van der Waals surface area contributed by atoms with Crippen LogP contribution >= 0.6 is 0 Å². The molecule has 0 spiro atoms. The molecule has 0 amide bonds. The van der Waals surface area contributed by atoms with Crippen LogP contribution in [0.1, 0.15) is 44.4 Å². The molecule has 0 atom stereocenters. The van der Waals surface area contributed by atoms with Crippen molar-refractivity contribution in [3.05, 3.63) is 23.4 Å². The van der Waals surface area contributed by atoms with Gasteiger partial charge in [0, 0.05) is 12.2 Å². The minimum Gasteiger partial charge on any atom is -0.370 e. The monoisotopic (exact) mass is 247 g/mol. The average molecular weight is 247 g/mol. The van der Waals surface area contributed by atoms with Crippen molar-refractivity contribution in [3.63, 3.8) is 0 Å². The Morgan fingerprint density at radius 1 is 1.33 bits per heavy atom. The maximum absolute atomic E-state index is 5.57. The fourth-order valence-corrected chi connectivity index (χ4v) is 2.52. The van der Waals surface area contributed by atoms with Crippen LogP contribution in [-0.2, 0) is 12.8 Å². The van der Waals surface area contributed by atoms with Gasteiger partial charge in [0.2, 0.25) is 0 Å². The molecule has 1 aliphatic carbocycles. The zero-order valence-electron chi connectivity index (χ0n) is 11.6. The molecule has 1 aromatic heterocycles. The van der Waals surface area contributed by atoms with Crippen LogP contribution in [0.25, 0.3) is 0 Å². The molecule has 0 saturated heterocycles. The summed E-state index contributed by atoms with van der Waals surface area (Å²) in [5.74, 6) is 1.02. The van der Waals surface area contributed by atoms with Crippen LogP contribution < -0.4 is 11.1 Å². The number of rotatable bonds is 6. The lowest BCUT2D eigenvalue weighted by Gasteiger charge is -2.25. The van der Waals surface area contributed by atoms with Crippen LogP contribution in [0.5, 0.6) is 0 Å². The zero-order chi connectivity index (χ0) is 13.0. The molecule has 18 heavy (non-hydrogen) atoms. The van der Waals surface area contributed by atoms with E-state index < -0.39 is 0 Å². The lowest BCUT2D eigenvalue weighted by atomic mass is 9.88. The second kappa shape index (κ2) is 5.70. The Labute approximate surface area is 110 Å². The Morgan fingerprint density at radius 3 is 2.94 bits per heavy atom. The van der Waals surface area contributed by atoms with E-state index in [1.54, 1.807) is 0 Å². The molecule has 0 radical (unpaired) electrons. The maximum Gasteiger partial charge on any atom is 0.126 e. The first kappa shape index (κ1) is 13.3. The van der Waals surface area contributed by atoms with E-state index in [1.165, 1.54) is 24.1 Å². The second-order valence-corrected chi connectivity index (χ2v) is 6.07. The summed E-state index contributed by atoms with van der Waals surface area (Å²) in [7, 11) is 0. The molecule has 1 heterocycles. The fourth-order valence-electron chi connectivity index (χ4n) is 2.52. The van der Waals surface area contributed by atoms with Crippen molar-refractivity contribution in [2.45, 2.75) is 46.0 Å². The molecule has 0 bridgehead atoms. The van der Waals surface area contributed by atoms with E-state index in [0.717, 1.165) is 38.2 Å². The minimum atomic E-state index is 0.278. The van der Waals surface area contributed by atoms with Crippen LogP contribution in [0.4, 0.5) is 5.82 Å². The third-order valence-electron chi connectivity index (χ3n) is 3.73. The smallest absolute Gasteiger partial charge is 0.126 e. The summed E-state index contributed by atoms with van der Waals surface area (Å²) in [6, 6.07) is 4.34. The first-order valence-electron chi connectivity index (χ1n) is 7.03. The summed E-state index contributed by atoms with van der Waals surface area (Å²) in [6.45, 7) is 6.30. The summed E-state index contributed by atoms with van der Waals surface area (Å²) in [5.41, 5.74) is 8.57. The normalized spacial score (nSPS) is 14.6. The van der Waals surface area contributed by atoms with Gasteiger partial charge < -0.3 is 11.1 Å². The van der Waals surface area contributed by atoms with Crippen LogP contribution in [0.3, 0.4) is 0 Å². The molecule has 3 nitrogen and oxygen atoms in total. The van der Waals surface area contributed by atoms with Gasteiger partial charge in [-0.1, -0.05) is 19.9 Å². The molecular formula is C15H25N3. The van der Waals surface area contributed by atoms with Gasteiger partial charge in [-0.2, -0.15) is 0 Å². The third-order valence-corrected chi connectivity index (χ3v) is 3.73. The topological polar surface area (TPSA) is 50.9 Å². The van der Waals surface area contributed by atoms with E-state index in [1.807, 2.05) is 0 Å². The SMILES string of the molecule is CC(C)(CCCN)CNc1ccc2c(n1)CCC2. The predicted molar refractivity (Wildman–Crippen MR) is 76.8 cm³/mol.